The molecule has 0 saturated carbocycles. The summed E-state index contributed by atoms with van der Waals surface area (Å²) in [5, 5.41) is 0.575. The number of rotatable bonds is 4. The summed E-state index contributed by atoms with van der Waals surface area (Å²) in [6.07, 6.45) is 0.892. The molecule has 18 heavy (non-hydrogen) atoms. The van der Waals surface area contributed by atoms with Crippen molar-refractivity contribution in [3.63, 3.8) is 0 Å². The number of halogens is 2. The smallest absolute Gasteiger partial charge is 0.287 e. The van der Waals surface area contributed by atoms with E-state index < -0.39 is 11.4 Å². The number of nitrogens with zero attached hydrogens (tertiary/aromatic N) is 1. The molecule has 1 heterocycles. The SMILES string of the molecule is O=c1[nH]c(Cc2ccccc2)nc(CCBr)c1F. The van der Waals surface area contributed by atoms with Crippen molar-refractivity contribution >= 4 is 15.9 Å². The molecule has 1 aromatic carbocycles. The van der Waals surface area contributed by atoms with Gasteiger partial charge in [-0.05, 0) is 5.56 Å². The zero-order chi connectivity index (χ0) is 13.0. The monoisotopic (exact) mass is 310 g/mol. The van der Waals surface area contributed by atoms with Crippen LogP contribution < -0.4 is 5.56 Å². The van der Waals surface area contributed by atoms with Gasteiger partial charge in [0.2, 0.25) is 5.82 Å². The Morgan fingerprint density at radius 3 is 2.67 bits per heavy atom. The Balaban J connectivity index is 2.32. The normalized spacial score (nSPS) is 10.6. The Hall–Kier alpha value is -1.49. The minimum Gasteiger partial charge on any atom is -0.308 e. The first-order valence-electron chi connectivity index (χ1n) is 5.58. The quantitative estimate of drug-likeness (QED) is 0.882. The molecule has 0 unspecified atom stereocenters. The number of aromatic amines is 1. The van der Waals surface area contributed by atoms with E-state index in [9.17, 15) is 9.18 Å². The maximum atomic E-state index is 13.5. The summed E-state index contributed by atoms with van der Waals surface area (Å²) in [6.45, 7) is 0. The van der Waals surface area contributed by atoms with Gasteiger partial charge in [-0.1, -0.05) is 46.3 Å². The highest BCUT2D eigenvalue weighted by molar-refractivity contribution is 9.09. The van der Waals surface area contributed by atoms with E-state index in [-0.39, 0.29) is 5.69 Å². The Kier molecular flexibility index (Phi) is 4.25. The van der Waals surface area contributed by atoms with Crippen LogP contribution >= 0.6 is 15.9 Å². The van der Waals surface area contributed by atoms with Crippen molar-refractivity contribution in [2.75, 3.05) is 5.33 Å². The van der Waals surface area contributed by atoms with Gasteiger partial charge in [-0.2, -0.15) is 4.39 Å². The predicted molar refractivity (Wildman–Crippen MR) is 71.6 cm³/mol. The summed E-state index contributed by atoms with van der Waals surface area (Å²) >= 11 is 3.22. The molecule has 1 N–H and O–H groups in total. The highest BCUT2D eigenvalue weighted by Gasteiger charge is 2.10. The third-order valence-electron chi connectivity index (χ3n) is 2.53. The molecule has 0 spiro atoms. The van der Waals surface area contributed by atoms with Crippen LogP contribution in [-0.4, -0.2) is 15.3 Å². The van der Waals surface area contributed by atoms with Gasteiger partial charge in [0.1, 0.15) is 5.82 Å². The van der Waals surface area contributed by atoms with E-state index in [1.165, 1.54) is 0 Å². The van der Waals surface area contributed by atoms with E-state index in [0.29, 0.717) is 24.0 Å². The van der Waals surface area contributed by atoms with Crippen molar-refractivity contribution in [3.8, 4) is 0 Å². The molecular formula is C13H12BrFN2O. The molecule has 1 aromatic heterocycles. The molecule has 0 saturated heterocycles. The van der Waals surface area contributed by atoms with Crippen LogP contribution in [0.1, 0.15) is 17.1 Å². The third kappa shape index (κ3) is 3.04. The molecule has 2 rings (SSSR count). The van der Waals surface area contributed by atoms with Gasteiger partial charge in [0.05, 0.1) is 5.69 Å². The summed E-state index contributed by atoms with van der Waals surface area (Å²) in [5.41, 5.74) is 0.533. The summed E-state index contributed by atoms with van der Waals surface area (Å²) in [6, 6.07) is 9.62. The molecule has 0 aliphatic carbocycles. The van der Waals surface area contributed by atoms with E-state index in [4.69, 9.17) is 0 Å². The Morgan fingerprint density at radius 2 is 2.00 bits per heavy atom. The average Bonchev–Trinajstić information content (AvgIpc) is 2.37. The van der Waals surface area contributed by atoms with Crippen LogP contribution in [0.4, 0.5) is 4.39 Å². The first-order valence-corrected chi connectivity index (χ1v) is 6.70. The number of hydrogen-bond acceptors (Lipinski definition) is 2. The number of nitrogens with one attached hydrogen (secondary N) is 1. The van der Waals surface area contributed by atoms with Crippen molar-refractivity contribution < 1.29 is 4.39 Å². The topological polar surface area (TPSA) is 45.8 Å². The van der Waals surface area contributed by atoms with Crippen LogP contribution in [-0.2, 0) is 12.8 Å². The van der Waals surface area contributed by atoms with Gasteiger partial charge in [0.25, 0.3) is 5.56 Å². The zero-order valence-electron chi connectivity index (χ0n) is 9.62. The molecular weight excluding hydrogens is 299 g/mol. The maximum absolute atomic E-state index is 13.5. The summed E-state index contributed by atoms with van der Waals surface area (Å²) in [5.74, 6) is -0.296. The van der Waals surface area contributed by atoms with Crippen molar-refractivity contribution in [1.82, 2.24) is 9.97 Å². The molecule has 0 amide bonds. The molecule has 0 aliphatic heterocycles. The first kappa shape index (κ1) is 13.0. The van der Waals surface area contributed by atoms with E-state index in [1.54, 1.807) is 0 Å². The van der Waals surface area contributed by atoms with Gasteiger partial charge in [-0.25, -0.2) is 4.98 Å². The van der Waals surface area contributed by atoms with Gasteiger partial charge in [0, 0.05) is 18.2 Å². The van der Waals surface area contributed by atoms with Crippen LogP contribution in [0.2, 0.25) is 0 Å². The van der Waals surface area contributed by atoms with Gasteiger partial charge >= 0.3 is 0 Å². The highest BCUT2D eigenvalue weighted by atomic mass is 79.9. The lowest BCUT2D eigenvalue weighted by molar-refractivity contribution is 0.576. The van der Waals surface area contributed by atoms with E-state index in [2.05, 4.69) is 25.9 Å². The second-order valence-electron chi connectivity index (χ2n) is 3.87. The highest BCUT2D eigenvalue weighted by Crippen LogP contribution is 2.07. The van der Waals surface area contributed by atoms with Crippen LogP contribution in [0.3, 0.4) is 0 Å². The van der Waals surface area contributed by atoms with Crippen molar-refractivity contribution in [3.05, 3.63) is 63.6 Å². The molecule has 0 aliphatic rings. The van der Waals surface area contributed by atoms with Crippen LogP contribution in [0.25, 0.3) is 0 Å². The second-order valence-corrected chi connectivity index (χ2v) is 4.67. The molecule has 3 nitrogen and oxygen atoms in total. The Bertz CT molecular complexity index is 583. The summed E-state index contributed by atoms with van der Waals surface area (Å²) < 4.78 is 13.5. The maximum Gasteiger partial charge on any atom is 0.287 e. The molecule has 94 valence electrons. The fourth-order valence-electron chi connectivity index (χ4n) is 1.68. The molecule has 2 aromatic rings. The number of hydrogen-bond donors (Lipinski definition) is 1. The lowest BCUT2D eigenvalue weighted by Crippen LogP contribution is -2.19. The fraction of sp³-hybridized carbons (Fsp3) is 0.231. The van der Waals surface area contributed by atoms with Crippen LogP contribution in [0.15, 0.2) is 35.1 Å². The number of aryl methyl sites for hydroxylation is 1. The number of alkyl halides is 1. The minimum atomic E-state index is -0.786. The van der Waals surface area contributed by atoms with Crippen molar-refractivity contribution in [2.45, 2.75) is 12.8 Å². The average molecular weight is 311 g/mol. The standard InChI is InChI=1S/C13H12BrFN2O/c14-7-6-10-12(15)13(18)17-11(16-10)8-9-4-2-1-3-5-9/h1-5H,6-8H2,(H,16,17,18). The molecule has 0 atom stereocenters. The lowest BCUT2D eigenvalue weighted by atomic mass is 10.1. The molecule has 0 fully saturated rings. The van der Waals surface area contributed by atoms with Gasteiger partial charge in [-0.3, -0.25) is 4.79 Å². The van der Waals surface area contributed by atoms with E-state index in [1.807, 2.05) is 30.3 Å². The Morgan fingerprint density at radius 1 is 1.28 bits per heavy atom. The Labute approximate surface area is 112 Å². The van der Waals surface area contributed by atoms with Gasteiger partial charge in [-0.15, -0.1) is 0 Å². The largest absolute Gasteiger partial charge is 0.308 e. The number of H-pyrrole nitrogens is 1. The fourth-order valence-corrected chi connectivity index (χ4v) is 2.06. The van der Waals surface area contributed by atoms with E-state index >= 15 is 0 Å². The zero-order valence-corrected chi connectivity index (χ0v) is 11.2. The molecule has 5 heteroatoms. The van der Waals surface area contributed by atoms with Crippen LogP contribution in [0.5, 0.6) is 0 Å². The molecule has 0 bridgehead atoms. The van der Waals surface area contributed by atoms with Crippen molar-refractivity contribution in [2.24, 2.45) is 0 Å². The van der Waals surface area contributed by atoms with Crippen molar-refractivity contribution in [1.29, 1.82) is 0 Å². The molecule has 0 radical (unpaired) electrons. The number of benzene rings is 1. The summed E-state index contributed by atoms with van der Waals surface area (Å²) in [7, 11) is 0. The van der Waals surface area contributed by atoms with Crippen LogP contribution in [0, 0.1) is 5.82 Å². The van der Waals surface area contributed by atoms with E-state index in [0.717, 1.165) is 5.56 Å². The lowest BCUT2D eigenvalue weighted by Gasteiger charge is -2.04. The van der Waals surface area contributed by atoms with Gasteiger partial charge in [0.15, 0.2) is 0 Å². The number of aromatic nitrogens is 2. The first-order chi connectivity index (χ1) is 8.70. The second kappa shape index (κ2) is 5.91. The summed E-state index contributed by atoms with van der Waals surface area (Å²) in [4.78, 5) is 18.1. The predicted octanol–water partition coefficient (Wildman–Crippen LogP) is 2.44. The third-order valence-corrected chi connectivity index (χ3v) is 2.92. The minimum absolute atomic E-state index is 0.210. The van der Waals surface area contributed by atoms with Gasteiger partial charge < -0.3 is 4.98 Å².